The number of benzene rings is 1. The fourth-order valence-corrected chi connectivity index (χ4v) is 3.11. The average Bonchev–Trinajstić information content (AvgIpc) is 3.26. The number of carboxylic acids is 1. The number of hydrogen-bond donors (Lipinski definition) is 6. The van der Waals surface area contributed by atoms with E-state index >= 15 is 0 Å². The molecule has 13 nitrogen and oxygen atoms in total. The van der Waals surface area contributed by atoms with Crippen LogP contribution in [0.5, 0.6) is 5.75 Å². The van der Waals surface area contributed by atoms with Crippen LogP contribution in [-0.4, -0.2) is 56.4 Å². The summed E-state index contributed by atoms with van der Waals surface area (Å²) >= 11 is 0. The van der Waals surface area contributed by atoms with Crippen molar-refractivity contribution in [3.05, 3.63) is 47.5 Å². The lowest BCUT2D eigenvalue weighted by Crippen LogP contribution is -2.40. The molecule has 0 aliphatic carbocycles. The standard InChI is InChI=1S/C17H13N5O5.C5H12N2O.ClH/c23-12-6-27-11-2-1-8(3-10(11)22-12)4-19-16(24)15-14-13(20-7-21-15)9(5-18-14)17(25)26;1-3(2)4(6)5(7)8;/h1-3,5,7,18H,4,6H2,(H,19,24)(H,22,23)(H,25,26);3-4H,6H2,1-2H3,(H2,7,8);1H/t;4-;/m.0./s1. The van der Waals surface area contributed by atoms with Gasteiger partial charge in [-0.15, -0.1) is 12.4 Å². The van der Waals surface area contributed by atoms with Crippen molar-refractivity contribution in [3.63, 3.8) is 0 Å². The van der Waals surface area contributed by atoms with Crippen LogP contribution in [0.15, 0.2) is 30.7 Å². The number of nitrogens with two attached hydrogens (primary N) is 2. The summed E-state index contributed by atoms with van der Waals surface area (Å²) in [7, 11) is 0. The van der Waals surface area contributed by atoms with Crippen molar-refractivity contribution in [1.29, 1.82) is 0 Å². The minimum absolute atomic E-state index is 0. The number of amides is 3. The van der Waals surface area contributed by atoms with Crippen LogP contribution in [0.3, 0.4) is 0 Å². The zero-order chi connectivity index (χ0) is 25.7. The number of anilines is 1. The third kappa shape index (κ3) is 6.46. The molecule has 3 aromatic rings. The average molecular weight is 520 g/mol. The molecule has 4 rings (SSSR count). The first kappa shape index (κ1) is 28.0. The number of nitrogens with zero attached hydrogens (tertiary/aromatic N) is 2. The highest BCUT2D eigenvalue weighted by Crippen LogP contribution is 2.28. The zero-order valence-corrected chi connectivity index (χ0v) is 20.2. The number of primary amides is 1. The summed E-state index contributed by atoms with van der Waals surface area (Å²) in [5, 5.41) is 14.6. The molecule has 36 heavy (non-hydrogen) atoms. The van der Waals surface area contributed by atoms with Crippen LogP contribution in [-0.2, 0) is 16.1 Å². The number of nitrogens with one attached hydrogen (secondary N) is 3. The molecule has 0 radical (unpaired) electrons. The van der Waals surface area contributed by atoms with Crippen molar-refractivity contribution in [1.82, 2.24) is 20.3 Å². The topological polar surface area (TPSA) is 215 Å². The highest BCUT2D eigenvalue weighted by atomic mass is 35.5. The minimum atomic E-state index is -1.15. The number of aromatic nitrogens is 3. The summed E-state index contributed by atoms with van der Waals surface area (Å²) in [5.41, 5.74) is 11.9. The van der Waals surface area contributed by atoms with Crippen molar-refractivity contribution in [3.8, 4) is 5.75 Å². The fourth-order valence-electron chi connectivity index (χ4n) is 3.11. The molecule has 1 aliphatic heterocycles. The van der Waals surface area contributed by atoms with Gasteiger partial charge in [0, 0.05) is 12.7 Å². The van der Waals surface area contributed by atoms with E-state index in [2.05, 4.69) is 25.6 Å². The summed E-state index contributed by atoms with van der Waals surface area (Å²) in [6, 6.07) is 4.70. The second-order valence-electron chi connectivity index (χ2n) is 7.98. The lowest BCUT2D eigenvalue weighted by molar-refractivity contribution is -0.120. The number of ether oxygens (including phenoxy) is 1. The minimum Gasteiger partial charge on any atom is -0.482 e. The van der Waals surface area contributed by atoms with E-state index in [1.807, 2.05) is 13.8 Å². The predicted octanol–water partition coefficient (Wildman–Crippen LogP) is 0.794. The molecule has 0 unspecified atom stereocenters. The van der Waals surface area contributed by atoms with Gasteiger partial charge < -0.3 is 36.9 Å². The van der Waals surface area contributed by atoms with Gasteiger partial charge in [-0.25, -0.2) is 14.8 Å². The molecule has 8 N–H and O–H groups in total. The predicted molar refractivity (Wildman–Crippen MR) is 132 cm³/mol. The first-order chi connectivity index (χ1) is 16.6. The Hall–Kier alpha value is -4.23. The molecule has 0 saturated carbocycles. The quantitative estimate of drug-likeness (QED) is 0.271. The van der Waals surface area contributed by atoms with E-state index < -0.39 is 23.8 Å². The number of carbonyl (C=O) groups excluding carboxylic acids is 3. The van der Waals surface area contributed by atoms with Crippen LogP contribution >= 0.6 is 12.4 Å². The third-order valence-corrected chi connectivity index (χ3v) is 5.09. The molecule has 0 bridgehead atoms. The number of hydrogen-bond acceptors (Lipinski definition) is 8. The van der Waals surface area contributed by atoms with Gasteiger partial charge in [-0.2, -0.15) is 0 Å². The van der Waals surface area contributed by atoms with Crippen LogP contribution in [0.4, 0.5) is 5.69 Å². The van der Waals surface area contributed by atoms with Crippen LogP contribution in [0.25, 0.3) is 11.0 Å². The summed E-state index contributed by atoms with van der Waals surface area (Å²) in [6.07, 6.45) is 2.41. The smallest absolute Gasteiger partial charge is 0.339 e. The molecule has 1 aromatic carbocycles. The maximum Gasteiger partial charge on any atom is 0.339 e. The molecular formula is C22H26ClN7O6. The SMILES string of the molecule is CC(C)[C@H](N)C(N)=O.Cl.O=C1COc2ccc(CNC(=O)c3ncnc4c(C(=O)O)c[nH]c34)cc2N1. The highest BCUT2D eigenvalue weighted by Gasteiger charge is 2.20. The van der Waals surface area contributed by atoms with Crippen molar-refractivity contribution in [2.75, 3.05) is 11.9 Å². The molecule has 0 spiro atoms. The number of aromatic carboxylic acids is 1. The number of rotatable bonds is 6. The van der Waals surface area contributed by atoms with Crippen LogP contribution < -0.4 is 26.8 Å². The summed E-state index contributed by atoms with van der Waals surface area (Å²) in [4.78, 5) is 55.9. The molecule has 1 aliphatic rings. The van der Waals surface area contributed by atoms with Crippen molar-refractivity contribution >= 4 is 52.8 Å². The lowest BCUT2D eigenvalue weighted by Gasteiger charge is -2.18. The Balaban J connectivity index is 0.000000442. The largest absolute Gasteiger partial charge is 0.482 e. The normalized spacial score (nSPS) is 12.7. The fraction of sp³-hybridized carbons (Fsp3) is 0.273. The van der Waals surface area contributed by atoms with Gasteiger partial charge in [0.05, 0.1) is 17.2 Å². The maximum atomic E-state index is 12.5. The van der Waals surface area contributed by atoms with E-state index in [1.54, 1.807) is 18.2 Å². The van der Waals surface area contributed by atoms with Gasteiger partial charge in [-0.05, 0) is 23.6 Å². The van der Waals surface area contributed by atoms with Gasteiger partial charge in [0.25, 0.3) is 11.8 Å². The Kier molecular flexibility index (Phi) is 9.30. The molecule has 0 fully saturated rings. The van der Waals surface area contributed by atoms with E-state index in [0.29, 0.717) is 11.4 Å². The molecule has 192 valence electrons. The molecule has 3 amide bonds. The Morgan fingerprint density at radius 1 is 1.25 bits per heavy atom. The van der Waals surface area contributed by atoms with Crippen LogP contribution in [0.1, 0.15) is 40.3 Å². The van der Waals surface area contributed by atoms with E-state index in [-0.39, 0.29) is 59.7 Å². The summed E-state index contributed by atoms with van der Waals surface area (Å²) in [6.45, 7) is 3.87. The Morgan fingerprint density at radius 3 is 2.58 bits per heavy atom. The maximum absolute atomic E-state index is 12.5. The number of H-pyrrole nitrogens is 1. The van der Waals surface area contributed by atoms with E-state index in [4.69, 9.17) is 21.3 Å². The van der Waals surface area contributed by atoms with Gasteiger partial charge >= 0.3 is 5.97 Å². The van der Waals surface area contributed by atoms with Crippen LogP contribution in [0, 0.1) is 5.92 Å². The van der Waals surface area contributed by atoms with Gasteiger partial charge in [0.15, 0.2) is 12.3 Å². The van der Waals surface area contributed by atoms with Gasteiger partial charge in [0.1, 0.15) is 23.2 Å². The van der Waals surface area contributed by atoms with Crippen molar-refractivity contribution < 1.29 is 29.0 Å². The number of aromatic amines is 1. The van der Waals surface area contributed by atoms with E-state index in [1.165, 1.54) is 6.20 Å². The molecule has 3 heterocycles. The third-order valence-electron chi connectivity index (χ3n) is 5.09. The molecule has 0 saturated heterocycles. The molecule has 2 aromatic heterocycles. The second-order valence-corrected chi connectivity index (χ2v) is 7.98. The molecular weight excluding hydrogens is 494 g/mol. The monoisotopic (exact) mass is 519 g/mol. The number of fused-ring (bicyclic) bond motifs is 2. The Bertz CT molecular complexity index is 1290. The Morgan fingerprint density at radius 2 is 1.97 bits per heavy atom. The number of carboxylic acid groups (broad SMARTS) is 1. The van der Waals surface area contributed by atoms with Crippen LogP contribution in [0.2, 0.25) is 0 Å². The first-order valence-electron chi connectivity index (χ1n) is 10.5. The lowest BCUT2D eigenvalue weighted by atomic mass is 10.1. The van der Waals surface area contributed by atoms with E-state index in [0.717, 1.165) is 11.9 Å². The highest BCUT2D eigenvalue weighted by molar-refractivity contribution is 6.08. The van der Waals surface area contributed by atoms with Gasteiger partial charge in [-0.1, -0.05) is 19.9 Å². The zero-order valence-electron chi connectivity index (χ0n) is 19.4. The number of carbonyl (C=O) groups is 4. The summed E-state index contributed by atoms with van der Waals surface area (Å²) in [5.74, 6) is -1.60. The van der Waals surface area contributed by atoms with Crippen molar-refractivity contribution in [2.24, 2.45) is 17.4 Å². The summed E-state index contributed by atoms with van der Waals surface area (Å²) < 4.78 is 5.29. The van der Waals surface area contributed by atoms with Gasteiger partial charge in [0.2, 0.25) is 5.91 Å². The first-order valence-corrected chi connectivity index (χ1v) is 10.5. The second kappa shape index (κ2) is 12.0. The van der Waals surface area contributed by atoms with Crippen molar-refractivity contribution in [2.45, 2.75) is 26.4 Å². The Labute approximate surface area is 211 Å². The van der Waals surface area contributed by atoms with Gasteiger partial charge in [-0.3, -0.25) is 14.4 Å². The molecule has 14 heteroatoms. The number of halogens is 1. The molecule has 1 atom stereocenters. The van der Waals surface area contributed by atoms with E-state index in [9.17, 15) is 19.2 Å².